The first-order chi connectivity index (χ1) is 12.3. The Hall–Kier alpha value is -2.42. The van der Waals surface area contributed by atoms with Gasteiger partial charge in [-0.25, -0.2) is 0 Å². The lowest BCUT2D eigenvalue weighted by molar-refractivity contribution is -0.384. The maximum absolute atomic E-state index is 12.2. The zero-order valence-electron chi connectivity index (χ0n) is 15.2. The Morgan fingerprint density at radius 2 is 2.00 bits per heavy atom. The molecule has 0 unspecified atom stereocenters. The second-order valence-corrected chi connectivity index (χ2v) is 7.07. The SMILES string of the molecule is CNc1ccc(C(=O)NNC(=S)N[C@H]2CCC[C@H](C)[C@H]2C)cc1[N+](=O)[O-]. The number of benzene rings is 1. The number of anilines is 1. The van der Waals surface area contributed by atoms with E-state index < -0.39 is 10.8 Å². The van der Waals surface area contributed by atoms with Gasteiger partial charge in [0.15, 0.2) is 5.11 Å². The molecule has 1 amide bonds. The summed E-state index contributed by atoms with van der Waals surface area (Å²) in [6.45, 7) is 4.43. The molecule has 1 saturated carbocycles. The topological polar surface area (TPSA) is 108 Å². The summed E-state index contributed by atoms with van der Waals surface area (Å²) in [6.07, 6.45) is 3.41. The molecule has 1 fully saturated rings. The van der Waals surface area contributed by atoms with Gasteiger partial charge in [0, 0.05) is 24.7 Å². The number of nitrogens with one attached hydrogen (secondary N) is 4. The Morgan fingerprint density at radius 1 is 1.27 bits per heavy atom. The van der Waals surface area contributed by atoms with E-state index >= 15 is 0 Å². The molecule has 0 saturated heterocycles. The predicted molar refractivity (Wildman–Crippen MR) is 105 cm³/mol. The lowest BCUT2D eigenvalue weighted by Crippen LogP contribution is -2.52. The van der Waals surface area contributed by atoms with Gasteiger partial charge in [0.05, 0.1) is 4.92 Å². The summed E-state index contributed by atoms with van der Waals surface area (Å²) < 4.78 is 0. The number of rotatable bonds is 4. The smallest absolute Gasteiger partial charge is 0.293 e. The molecule has 2 rings (SSSR count). The molecule has 142 valence electrons. The van der Waals surface area contributed by atoms with Crippen LogP contribution in [0.2, 0.25) is 0 Å². The maximum Gasteiger partial charge on any atom is 0.293 e. The van der Waals surface area contributed by atoms with Crippen LogP contribution in [-0.2, 0) is 0 Å². The van der Waals surface area contributed by atoms with Gasteiger partial charge in [0.1, 0.15) is 5.69 Å². The summed E-state index contributed by atoms with van der Waals surface area (Å²) in [5.41, 5.74) is 5.51. The van der Waals surface area contributed by atoms with Gasteiger partial charge < -0.3 is 10.6 Å². The monoisotopic (exact) mass is 379 g/mol. The Kier molecular flexibility index (Phi) is 6.73. The number of hydrazine groups is 1. The number of nitro benzene ring substituents is 1. The number of hydrogen-bond acceptors (Lipinski definition) is 5. The van der Waals surface area contributed by atoms with E-state index in [1.165, 1.54) is 24.6 Å². The van der Waals surface area contributed by atoms with Crippen LogP contribution in [0.5, 0.6) is 0 Å². The van der Waals surface area contributed by atoms with Crippen molar-refractivity contribution in [1.29, 1.82) is 0 Å². The van der Waals surface area contributed by atoms with Crippen molar-refractivity contribution in [1.82, 2.24) is 16.2 Å². The minimum absolute atomic E-state index is 0.161. The first-order valence-corrected chi connectivity index (χ1v) is 9.07. The van der Waals surface area contributed by atoms with Crippen LogP contribution in [0.15, 0.2) is 18.2 Å². The van der Waals surface area contributed by atoms with Crippen molar-refractivity contribution in [2.45, 2.75) is 39.2 Å². The van der Waals surface area contributed by atoms with Crippen LogP contribution in [0, 0.1) is 22.0 Å². The van der Waals surface area contributed by atoms with Crippen LogP contribution >= 0.6 is 12.2 Å². The quantitative estimate of drug-likeness (QED) is 0.362. The van der Waals surface area contributed by atoms with Gasteiger partial charge in [-0.3, -0.25) is 25.8 Å². The third-order valence-electron chi connectivity index (χ3n) is 5.04. The Labute approximate surface area is 158 Å². The highest BCUT2D eigenvalue weighted by molar-refractivity contribution is 7.80. The maximum atomic E-state index is 12.2. The van der Waals surface area contributed by atoms with Crippen molar-refractivity contribution >= 4 is 34.6 Å². The Bertz CT molecular complexity index is 697. The third kappa shape index (κ3) is 4.81. The highest BCUT2D eigenvalue weighted by atomic mass is 32.1. The molecule has 26 heavy (non-hydrogen) atoms. The van der Waals surface area contributed by atoms with Crippen molar-refractivity contribution in [3.63, 3.8) is 0 Å². The van der Waals surface area contributed by atoms with Gasteiger partial charge in [0.2, 0.25) is 0 Å². The lowest BCUT2D eigenvalue weighted by Gasteiger charge is -2.35. The van der Waals surface area contributed by atoms with Gasteiger partial charge in [-0.2, -0.15) is 0 Å². The zero-order valence-corrected chi connectivity index (χ0v) is 16.0. The Morgan fingerprint density at radius 3 is 2.65 bits per heavy atom. The molecule has 0 heterocycles. The number of nitrogens with zero attached hydrogens (tertiary/aromatic N) is 1. The summed E-state index contributed by atoms with van der Waals surface area (Å²) in [5, 5.41) is 17.4. The fourth-order valence-corrected chi connectivity index (χ4v) is 3.41. The number of nitro groups is 1. The van der Waals surface area contributed by atoms with Crippen LogP contribution in [0.1, 0.15) is 43.5 Å². The molecule has 1 aliphatic rings. The van der Waals surface area contributed by atoms with Gasteiger partial charge in [-0.15, -0.1) is 0 Å². The standard InChI is InChI=1S/C17H25N5O3S/c1-10-5-4-6-13(11(10)2)19-17(26)21-20-16(23)12-7-8-14(18-3)15(9-12)22(24)25/h7-11,13,18H,4-6H2,1-3H3,(H,20,23)(H2,19,21,26)/t10-,11+,13-/m0/s1. The molecular formula is C17H25N5O3S. The van der Waals surface area contributed by atoms with Crippen LogP contribution in [0.25, 0.3) is 0 Å². The third-order valence-corrected chi connectivity index (χ3v) is 5.26. The fourth-order valence-electron chi connectivity index (χ4n) is 3.21. The van der Waals surface area contributed by atoms with Crippen molar-refractivity contribution < 1.29 is 9.72 Å². The van der Waals surface area contributed by atoms with Gasteiger partial charge in [-0.1, -0.05) is 26.7 Å². The minimum Gasteiger partial charge on any atom is -0.383 e. The molecule has 1 aromatic rings. The molecule has 0 aromatic heterocycles. The fraction of sp³-hybridized carbons (Fsp3) is 0.529. The minimum atomic E-state index is -0.534. The van der Waals surface area contributed by atoms with E-state index in [1.54, 1.807) is 7.05 Å². The van der Waals surface area contributed by atoms with Crippen molar-refractivity contribution in [3.05, 3.63) is 33.9 Å². The second-order valence-electron chi connectivity index (χ2n) is 6.67. The average molecular weight is 379 g/mol. The van der Waals surface area contributed by atoms with Crippen LogP contribution in [0.3, 0.4) is 0 Å². The van der Waals surface area contributed by atoms with Crippen LogP contribution < -0.4 is 21.5 Å². The van der Waals surface area contributed by atoms with Crippen molar-refractivity contribution in [3.8, 4) is 0 Å². The predicted octanol–water partition coefficient (Wildman–Crippen LogP) is 2.57. The molecule has 1 aliphatic carbocycles. The number of carbonyl (C=O) groups excluding carboxylic acids is 1. The molecule has 0 spiro atoms. The van der Waals surface area contributed by atoms with E-state index in [4.69, 9.17) is 12.2 Å². The molecular weight excluding hydrogens is 354 g/mol. The van der Waals surface area contributed by atoms with Crippen LogP contribution in [-0.4, -0.2) is 29.0 Å². The van der Waals surface area contributed by atoms with Crippen molar-refractivity contribution in [2.75, 3.05) is 12.4 Å². The largest absolute Gasteiger partial charge is 0.383 e. The first kappa shape index (κ1) is 19.9. The molecule has 3 atom stereocenters. The van der Waals surface area contributed by atoms with E-state index in [0.717, 1.165) is 12.8 Å². The molecule has 0 bridgehead atoms. The normalized spacial score (nSPS) is 22.2. The average Bonchev–Trinajstić information content (AvgIpc) is 2.62. The lowest BCUT2D eigenvalue weighted by atomic mass is 9.78. The molecule has 9 heteroatoms. The van der Waals surface area contributed by atoms with Gasteiger partial charge >= 0.3 is 0 Å². The molecule has 0 aliphatic heterocycles. The summed E-state index contributed by atoms with van der Waals surface area (Å²) >= 11 is 5.25. The summed E-state index contributed by atoms with van der Waals surface area (Å²) in [4.78, 5) is 22.8. The number of thiocarbonyl (C=S) groups is 1. The summed E-state index contributed by atoms with van der Waals surface area (Å²) in [7, 11) is 1.58. The Balaban J connectivity index is 1.93. The number of carbonyl (C=O) groups is 1. The van der Waals surface area contributed by atoms with Crippen LogP contribution in [0.4, 0.5) is 11.4 Å². The molecule has 0 radical (unpaired) electrons. The van der Waals surface area contributed by atoms with E-state index in [9.17, 15) is 14.9 Å². The molecule has 8 nitrogen and oxygen atoms in total. The summed E-state index contributed by atoms with van der Waals surface area (Å²) in [5.74, 6) is 0.630. The van der Waals surface area contributed by atoms with Gasteiger partial charge in [-0.05, 0) is 42.6 Å². The zero-order chi connectivity index (χ0) is 19.3. The van der Waals surface area contributed by atoms with Gasteiger partial charge in [0.25, 0.3) is 11.6 Å². The molecule has 1 aromatic carbocycles. The van der Waals surface area contributed by atoms with E-state index in [1.807, 2.05) is 0 Å². The highest BCUT2D eigenvalue weighted by Crippen LogP contribution is 2.29. The number of amides is 1. The summed E-state index contributed by atoms with van der Waals surface area (Å²) in [6, 6.07) is 4.50. The van der Waals surface area contributed by atoms with E-state index in [2.05, 4.69) is 35.3 Å². The van der Waals surface area contributed by atoms with E-state index in [-0.39, 0.29) is 17.3 Å². The van der Waals surface area contributed by atoms with Crippen molar-refractivity contribution in [2.24, 2.45) is 11.8 Å². The highest BCUT2D eigenvalue weighted by Gasteiger charge is 2.27. The van der Waals surface area contributed by atoms with E-state index in [0.29, 0.717) is 22.6 Å². The second kappa shape index (κ2) is 8.79. The first-order valence-electron chi connectivity index (χ1n) is 8.66. The number of hydrogen-bond donors (Lipinski definition) is 4. The molecule has 4 N–H and O–H groups in total.